The lowest BCUT2D eigenvalue weighted by Gasteiger charge is -2.35. The molecule has 4 nitrogen and oxygen atoms in total. The maximum atomic E-state index is 5.91. The second kappa shape index (κ2) is 5.34. The zero-order valence-corrected chi connectivity index (χ0v) is 10.8. The van der Waals surface area contributed by atoms with E-state index in [1.165, 1.54) is 32.1 Å². The molecule has 94 valence electrons. The van der Waals surface area contributed by atoms with Crippen molar-refractivity contribution in [3.63, 3.8) is 0 Å². The summed E-state index contributed by atoms with van der Waals surface area (Å²) in [6.45, 7) is 2.29. The Balaban J connectivity index is 2.02. The fourth-order valence-corrected chi connectivity index (χ4v) is 2.74. The summed E-state index contributed by atoms with van der Waals surface area (Å²) in [6, 6.07) is 0.579. The van der Waals surface area contributed by atoms with Gasteiger partial charge in [-0.15, -0.1) is 0 Å². The first kappa shape index (κ1) is 12.1. The Bertz CT molecular complexity index is 358. The van der Waals surface area contributed by atoms with E-state index in [0.717, 1.165) is 11.7 Å². The van der Waals surface area contributed by atoms with Crippen molar-refractivity contribution in [2.24, 2.45) is 5.92 Å². The van der Waals surface area contributed by atoms with Gasteiger partial charge in [0.05, 0.1) is 11.9 Å². The van der Waals surface area contributed by atoms with Gasteiger partial charge in [-0.05, 0) is 31.6 Å². The van der Waals surface area contributed by atoms with Crippen LogP contribution in [0.15, 0.2) is 12.5 Å². The monoisotopic (exact) mass is 234 g/mol. The van der Waals surface area contributed by atoms with Gasteiger partial charge in [-0.3, -0.25) is 0 Å². The van der Waals surface area contributed by atoms with Gasteiger partial charge in [0.15, 0.2) is 5.82 Å². The largest absolute Gasteiger partial charge is 0.394 e. The maximum absolute atomic E-state index is 5.91. The molecular weight excluding hydrogens is 212 g/mol. The number of hydrogen-bond acceptors (Lipinski definition) is 4. The van der Waals surface area contributed by atoms with E-state index >= 15 is 0 Å². The van der Waals surface area contributed by atoms with Gasteiger partial charge in [0.25, 0.3) is 0 Å². The van der Waals surface area contributed by atoms with Crippen molar-refractivity contribution in [2.75, 3.05) is 17.7 Å². The Morgan fingerprint density at radius 3 is 2.65 bits per heavy atom. The van der Waals surface area contributed by atoms with Crippen molar-refractivity contribution in [3.05, 3.63) is 12.5 Å². The maximum Gasteiger partial charge on any atom is 0.155 e. The highest BCUT2D eigenvalue weighted by Crippen LogP contribution is 2.31. The molecule has 0 aliphatic heterocycles. The lowest BCUT2D eigenvalue weighted by Crippen LogP contribution is -2.36. The molecule has 2 N–H and O–H groups in total. The molecular formula is C13H22N4. The lowest BCUT2D eigenvalue weighted by molar-refractivity contribution is 0.313. The summed E-state index contributed by atoms with van der Waals surface area (Å²) >= 11 is 0. The number of nitrogens with two attached hydrogens (primary N) is 1. The molecule has 1 aliphatic rings. The highest BCUT2D eigenvalue weighted by atomic mass is 15.2. The molecule has 1 aliphatic carbocycles. The van der Waals surface area contributed by atoms with E-state index in [0.29, 0.717) is 11.7 Å². The first-order valence-corrected chi connectivity index (χ1v) is 6.50. The second-order valence-corrected chi connectivity index (χ2v) is 5.00. The van der Waals surface area contributed by atoms with Crippen molar-refractivity contribution < 1.29 is 0 Å². The van der Waals surface area contributed by atoms with Crippen LogP contribution in [0.1, 0.15) is 39.0 Å². The molecule has 1 aromatic rings. The Labute approximate surface area is 103 Å². The quantitative estimate of drug-likeness (QED) is 0.873. The molecule has 1 heterocycles. The SMILES string of the molecule is CCC1CCC(N(C)c2ncncc2N)CC1. The molecule has 2 rings (SSSR count). The number of anilines is 2. The van der Waals surface area contributed by atoms with E-state index in [9.17, 15) is 0 Å². The predicted octanol–water partition coefficient (Wildman–Crippen LogP) is 2.46. The fourth-order valence-electron chi connectivity index (χ4n) is 2.74. The molecule has 17 heavy (non-hydrogen) atoms. The summed E-state index contributed by atoms with van der Waals surface area (Å²) in [5.74, 6) is 1.79. The van der Waals surface area contributed by atoms with Crippen LogP contribution in [0.2, 0.25) is 0 Å². The third-order valence-corrected chi connectivity index (χ3v) is 3.99. The number of nitrogens with zero attached hydrogens (tertiary/aromatic N) is 3. The lowest BCUT2D eigenvalue weighted by atomic mass is 9.84. The van der Waals surface area contributed by atoms with Gasteiger partial charge in [0.2, 0.25) is 0 Å². The van der Waals surface area contributed by atoms with E-state index in [-0.39, 0.29) is 0 Å². The van der Waals surface area contributed by atoms with Crippen LogP contribution >= 0.6 is 0 Å². The molecule has 0 aromatic carbocycles. The Morgan fingerprint density at radius 2 is 2.06 bits per heavy atom. The molecule has 0 atom stereocenters. The molecule has 0 radical (unpaired) electrons. The molecule has 4 heteroatoms. The fraction of sp³-hybridized carbons (Fsp3) is 0.692. The van der Waals surface area contributed by atoms with Crippen LogP contribution in [0.25, 0.3) is 0 Å². The summed E-state index contributed by atoms with van der Waals surface area (Å²) in [5, 5.41) is 0. The van der Waals surface area contributed by atoms with Crippen LogP contribution in [0, 0.1) is 5.92 Å². The molecule has 1 aromatic heterocycles. The van der Waals surface area contributed by atoms with E-state index in [1.807, 2.05) is 0 Å². The second-order valence-electron chi connectivity index (χ2n) is 5.00. The van der Waals surface area contributed by atoms with Gasteiger partial charge >= 0.3 is 0 Å². The van der Waals surface area contributed by atoms with Crippen LogP contribution in [0.5, 0.6) is 0 Å². The standard InChI is InChI=1S/C13H22N4/c1-3-10-4-6-11(7-5-10)17(2)13-12(14)8-15-9-16-13/h8-11H,3-7,14H2,1-2H3. The summed E-state index contributed by atoms with van der Waals surface area (Å²) in [5.41, 5.74) is 6.59. The van der Waals surface area contributed by atoms with Gasteiger partial charge in [-0.1, -0.05) is 13.3 Å². The van der Waals surface area contributed by atoms with E-state index in [2.05, 4.69) is 28.8 Å². The van der Waals surface area contributed by atoms with Crippen LogP contribution < -0.4 is 10.6 Å². The van der Waals surface area contributed by atoms with Gasteiger partial charge in [-0.25, -0.2) is 9.97 Å². The average Bonchev–Trinajstić information content (AvgIpc) is 2.39. The van der Waals surface area contributed by atoms with Crippen molar-refractivity contribution >= 4 is 11.5 Å². The van der Waals surface area contributed by atoms with Crippen LogP contribution in [0.3, 0.4) is 0 Å². The molecule has 0 unspecified atom stereocenters. The Morgan fingerprint density at radius 1 is 1.35 bits per heavy atom. The molecule has 1 saturated carbocycles. The highest BCUT2D eigenvalue weighted by Gasteiger charge is 2.24. The van der Waals surface area contributed by atoms with Crippen molar-refractivity contribution in [2.45, 2.75) is 45.1 Å². The van der Waals surface area contributed by atoms with Gasteiger partial charge in [0.1, 0.15) is 6.33 Å². The van der Waals surface area contributed by atoms with Crippen LogP contribution in [0.4, 0.5) is 11.5 Å². The topological polar surface area (TPSA) is 55.0 Å². The van der Waals surface area contributed by atoms with Gasteiger partial charge in [0, 0.05) is 13.1 Å². The average molecular weight is 234 g/mol. The highest BCUT2D eigenvalue weighted by molar-refractivity contribution is 5.60. The third kappa shape index (κ3) is 2.68. The summed E-state index contributed by atoms with van der Waals surface area (Å²) in [4.78, 5) is 10.4. The number of aromatic nitrogens is 2. The normalized spacial score (nSPS) is 24.6. The molecule has 0 saturated heterocycles. The third-order valence-electron chi connectivity index (χ3n) is 3.99. The van der Waals surface area contributed by atoms with Crippen molar-refractivity contribution in [3.8, 4) is 0 Å². The molecule has 0 bridgehead atoms. The first-order valence-electron chi connectivity index (χ1n) is 6.50. The first-order chi connectivity index (χ1) is 8.22. The summed E-state index contributed by atoms with van der Waals surface area (Å²) in [7, 11) is 2.09. The van der Waals surface area contributed by atoms with Crippen LogP contribution in [-0.2, 0) is 0 Å². The van der Waals surface area contributed by atoms with E-state index in [4.69, 9.17) is 5.73 Å². The minimum absolute atomic E-state index is 0.579. The minimum atomic E-state index is 0.579. The van der Waals surface area contributed by atoms with Crippen molar-refractivity contribution in [1.82, 2.24) is 9.97 Å². The number of hydrogen-bond donors (Lipinski definition) is 1. The summed E-state index contributed by atoms with van der Waals surface area (Å²) in [6.07, 6.45) is 9.71. The van der Waals surface area contributed by atoms with Crippen LogP contribution in [-0.4, -0.2) is 23.1 Å². The minimum Gasteiger partial charge on any atom is -0.394 e. The zero-order chi connectivity index (χ0) is 12.3. The number of nitrogen functional groups attached to an aromatic ring is 1. The smallest absolute Gasteiger partial charge is 0.155 e. The summed E-state index contributed by atoms with van der Waals surface area (Å²) < 4.78 is 0. The Hall–Kier alpha value is -1.32. The van der Waals surface area contributed by atoms with Gasteiger partial charge in [-0.2, -0.15) is 0 Å². The molecule has 0 spiro atoms. The molecule has 0 amide bonds. The van der Waals surface area contributed by atoms with E-state index in [1.54, 1.807) is 12.5 Å². The molecule has 1 fully saturated rings. The van der Waals surface area contributed by atoms with E-state index < -0.39 is 0 Å². The zero-order valence-electron chi connectivity index (χ0n) is 10.8. The number of rotatable bonds is 3. The van der Waals surface area contributed by atoms with Gasteiger partial charge < -0.3 is 10.6 Å². The van der Waals surface area contributed by atoms with Crippen molar-refractivity contribution in [1.29, 1.82) is 0 Å². The predicted molar refractivity (Wildman–Crippen MR) is 70.9 cm³/mol. The Kier molecular flexibility index (Phi) is 3.82.